The Balaban J connectivity index is 2.95. The Morgan fingerprint density at radius 1 is 1.43 bits per heavy atom. The summed E-state index contributed by atoms with van der Waals surface area (Å²) in [7, 11) is -3.57. The van der Waals surface area contributed by atoms with Crippen LogP contribution in [0.3, 0.4) is 0 Å². The monoisotopic (exact) mass is 230 g/mol. The average molecular weight is 230 g/mol. The van der Waals surface area contributed by atoms with Crippen molar-refractivity contribution in [2.75, 3.05) is 11.5 Å². The predicted octanol–water partition coefficient (Wildman–Crippen LogP) is 0.654. The summed E-state index contributed by atoms with van der Waals surface area (Å²) in [6, 6.07) is 0. The number of halogens is 3. The minimum atomic E-state index is -4.76. The molecule has 3 nitrogen and oxygen atoms in total. The Kier molecular flexibility index (Phi) is 2.44. The summed E-state index contributed by atoms with van der Waals surface area (Å²) < 4.78 is 58.2. The van der Waals surface area contributed by atoms with Crippen LogP contribution in [0.5, 0.6) is 0 Å². The molecule has 0 aliphatic carbocycles. The quantitative estimate of drug-likeness (QED) is 0.673. The Labute approximate surface area is 79.1 Å². The van der Waals surface area contributed by atoms with Gasteiger partial charge in [-0.1, -0.05) is 6.58 Å². The van der Waals surface area contributed by atoms with E-state index in [1.54, 1.807) is 0 Å². The highest BCUT2D eigenvalue weighted by Gasteiger charge is 2.51. The van der Waals surface area contributed by atoms with Gasteiger partial charge >= 0.3 is 6.18 Å². The standard InChI is InChI=1S/C7H9F3O3S/c1-5(7(8,9)10)6(11)2-3-14(12,13)4-6/h11H,1-4H2. The first kappa shape index (κ1) is 11.5. The third kappa shape index (κ3) is 2.09. The molecule has 1 heterocycles. The molecule has 0 aromatic carbocycles. The van der Waals surface area contributed by atoms with Crippen molar-refractivity contribution in [1.82, 2.24) is 0 Å². The normalized spacial score (nSPS) is 31.7. The lowest BCUT2D eigenvalue weighted by molar-refractivity contribution is -0.116. The minimum absolute atomic E-state index is 0.432. The highest BCUT2D eigenvalue weighted by atomic mass is 32.2. The smallest absolute Gasteiger partial charge is 0.384 e. The van der Waals surface area contributed by atoms with Gasteiger partial charge in [0.1, 0.15) is 5.60 Å². The number of aliphatic hydroxyl groups is 1. The van der Waals surface area contributed by atoms with Crippen molar-refractivity contribution in [2.45, 2.75) is 18.2 Å². The van der Waals surface area contributed by atoms with Crippen molar-refractivity contribution >= 4 is 9.84 Å². The lowest BCUT2D eigenvalue weighted by atomic mass is 9.94. The van der Waals surface area contributed by atoms with Gasteiger partial charge in [-0.15, -0.1) is 0 Å². The fourth-order valence-electron chi connectivity index (χ4n) is 1.33. The first-order valence-electron chi connectivity index (χ1n) is 3.76. The minimum Gasteiger partial charge on any atom is -0.384 e. The molecule has 1 aliphatic rings. The van der Waals surface area contributed by atoms with E-state index in [1.807, 2.05) is 0 Å². The van der Waals surface area contributed by atoms with Crippen LogP contribution in [0.2, 0.25) is 0 Å². The lowest BCUT2D eigenvalue weighted by Crippen LogP contribution is -2.38. The van der Waals surface area contributed by atoms with Crippen LogP contribution in [0.25, 0.3) is 0 Å². The van der Waals surface area contributed by atoms with E-state index in [-0.39, 0.29) is 0 Å². The maximum Gasteiger partial charge on any atom is 0.414 e. The van der Waals surface area contributed by atoms with Gasteiger partial charge in [-0.3, -0.25) is 0 Å². The Hall–Kier alpha value is -0.560. The van der Waals surface area contributed by atoms with Crippen molar-refractivity contribution in [3.05, 3.63) is 12.2 Å². The van der Waals surface area contributed by atoms with E-state index in [2.05, 4.69) is 6.58 Å². The summed E-state index contributed by atoms with van der Waals surface area (Å²) in [5.41, 5.74) is -3.72. The summed E-state index contributed by atoms with van der Waals surface area (Å²) in [5.74, 6) is -1.32. The van der Waals surface area contributed by atoms with Gasteiger partial charge < -0.3 is 5.11 Å². The molecule has 0 saturated carbocycles. The molecule has 1 atom stereocenters. The summed E-state index contributed by atoms with van der Waals surface area (Å²) in [4.78, 5) is 0. The molecule has 0 radical (unpaired) electrons. The van der Waals surface area contributed by atoms with E-state index in [0.717, 1.165) is 0 Å². The van der Waals surface area contributed by atoms with Crippen LogP contribution >= 0.6 is 0 Å². The van der Waals surface area contributed by atoms with Crippen LogP contribution in [-0.2, 0) is 9.84 Å². The molecule has 1 fully saturated rings. The zero-order valence-corrected chi connectivity index (χ0v) is 7.95. The molecule has 1 saturated heterocycles. The number of rotatable bonds is 1. The summed E-state index contributed by atoms with van der Waals surface area (Å²) in [5, 5.41) is 9.43. The van der Waals surface area contributed by atoms with E-state index in [4.69, 9.17) is 0 Å². The Morgan fingerprint density at radius 2 is 1.93 bits per heavy atom. The largest absolute Gasteiger partial charge is 0.414 e. The summed E-state index contributed by atoms with van der Waals surface area (Å²) in [6.07, 6.45) is -5.19. The van der Waals surface area contributed by atoms with E-state index < -0.39 is 45.1 Å². The maximum absolute atomic E-state index is 12.1. The van der Waals surface area contributed by atoms with Gasteiger partial charge in [0.2, 0.25) is 0 Å². The molecule has 1 N–H and O–H groups in total. The van der Waals surface area contributed by atoms with Gasteiger partial charge in [-0.25, -0.2) is 8.42 Å². The molecule has 7 heteroatoms. The number of alkyl halides is 3. The number of hydrogen-bond acceptors (Lipinski definition) is 3. The average Bonchev–Trinajstić information content (AvgIpc) is 2.24. The molecule has 0 amide bonds. The van der Waals surface area contributed by atoms with Crippen LogP contribution < -0.4 is 0 Å². The number of hydrogen-bond donors (Lipinski definition) is 1. The molecule has 1 rings (SSSR count). The SMILES string of the molecule is C=C(C(F)(F)F)C1(O)CCS(=O)(=O)C1. The zero-order chi connectivity index (χ0) is 11.2. The molecule has 1 unspecified atom stereocenters. The summed E-state index contributed by atoms with van der Waals surface area (Å²) in [6.45, 7) is 2.71. The van der Waals surface area contributed by atoms with E-state index in [1.165, 1.54) is 0 Å². The van der Waals surface area contributed by atoms with E-state index in [0.29, 0.717) is 0 Å². The first-order valence-corrected chi connectivity index (χ1v) is 5.58. The van der Waals surface area contributed by atoms with Crippen LogP contribution in [0.15, 0.2) is 12.2 Å². The van der Waals surface area contributed by atoms with Crippen molar-refractivity contribution in [3.8, 4) is 0 Å². The van der Waals surface area contributed by atoms with Gasteiger partial charge in [0, 0.05) is 0 Å². The van der Waals surface area contributed by atoms with Crippen molar-refractivity contribution in [1.29, 1.82) is 0 Å². The van der Waals surface area contributed by atoms with Gasteiger partial charge in [-0.05, 0) is 6.42 Å². The van der Waals surface area contributed by atoms with E-state index in [9.17, 15) is 26.7 Å². The fourth-order valence-corrected chi connectivity index (χ4v) is 3.17. The molecular formula is C7H9F3O3S. The molecule has 0 spiro atoms. The predicted molar refractivity (Wildman–Crippen MR) is 43.4 cm³/mol. The molecule has 14 heavy (non-hydrogen) atoms. The zero-order valence-electron chi connectivity index (χ0n) is 7.13. The van der Waals surface area contributed by atoms with Crippen molar-refractivity contribution < 1.29 is 26.7 Å². The van der Waals surface area contributed by atoms with Crippen molar-refractivity contribution in [3.63, 3.8) is 0 Å². The van der Waals surface area contributed by atoms with Gasteiger partial charge in [0.25, 0.3) is 0 Å². The van der Waals surface area contributed by atoms with Gasteiger partial charge in [0.05, 0.1) is 17.1 Å². The molecule has 0 bridgehead atoms. The molecular weight excluding hydrogens is 221 g/mol. The first-order chi connectivity index (χ1) is 6.07. The van der Waals surface area contributed by atoms with Crippen LogP contribution in [-0.4, -0.2) is 36.8 Å². The number of sulfone groups is 1. The molecule has 82 valence electrons. The molecule has 0 aromatic heterocycles. The van der Waals surface area contributed by atoms with Crippen LogP contribution in [0.1, 0.15) is 6.42 Å². The van der Waals surface area contributed by atoms with Crippen LogP contribution in [0.4, 0.5) is 13.2 Å². The Bertz CT molecular complexity index is 357. The fraction of sp³-hybridized carbons (Fsp3) is 0.714. The van der Waals surface area contributed by atoms with Gasteiger partial charge in [-0.2, -0.15) is 13.2 Å². The Morgan fingerprint density at radius 3 is 2.21 bits per heavy atom. The van der Waals surface area contributed by atoms with Gasteiger partial charge in [0.15, 0.2) is 9.84 Å². The summed E-state index contributed by atoms with van der Waals surface area (Å²) >= 11 is 0. The second-order valence-corrected chi connectivity index (χ2v) is 5.53. The third-order valence-corrected chi connectivity index (χ3v) is 3.93. The third-order valence-electron chi connectivity index (χ3n) is 2.19. The second kappa shape index (κ2) is 2.96. The lowest BCUT2D eigenvalue weighted by Gasteiger charge is -2.24. The maximum atomic E-state index is 12.1. The van der Waals surface area contributed by atoms with E-state index >= 15 is 0 Å². The van der Waals surface area contributed by atoms with Crippen LogP contribution in [0, 0.1) is 0 Å². The highest BCUT2D eigenvalue weighted by molar-refractivity contribution is 7.91. The highest BCUT2D eigenvalue weighted by Crippen LogP contribution is 2.38. The van der Waals surface area contributed by atoms with Crippen molar-refractivity contribution in [2.24, 2.45) is 0 Å². The second-order valence-electron chi connectivity index (χ2n) is 3.35. The topological polar surface area (TPSA) is 54.4 Å². The molecule has 1 aliphatic heterocycles. The molecule has 0 aromatic rings.